The van der Waals surface area contributed by atoms with Crippen LogP contribution in [0.3, 0.4) is 0 Å². The molecule has 9 heteroatoms. The van der Waals surface area contributed by atoms with Crippen molar-refractivity contribution in [1.29, 1.82) is 0 Å². The molecule has 0 aliphatic heterocycles. The van der Waals surface area contributed by atoms with E-state index in [1.165, 1.54) is 31.8 Å². The number of carbonyl (C=O) groups is 3. The Kier molecular flexibility index (Phi) is 8.08. The Bertz CT molecular complexity index is 833. The zero-order chi connectivity index (χ0) is 21.2. The quantitative estimate of drug-likeness (QED) is 0.550. The monoisotopic (exact) mass is 403 g/mol. The van der Waals surface area contributed by atoms with Crippen LogP contribution in [0.1, 0.15) is 41.0 Å². The van der Waals surface area contributed by atoms with Crippen molar-refractivity contribution in [2.75, 3.05) is 20.3 Å². The van der Waals surface area contributed by atoms with Gasteiger partial charge in [0.15, 0.2) is 11.5 Å². The first kappa shape index (κ1) is 21.8. The van der Waals surface area contributed by atoms with E-state index in [-0.39, 0.29) is 12.1 Å². The summed E-state index contributed by atoms with van der Waals surface area (Å²) in [6.07, 6.45) is 3.51. The van der Waals surface area contributed by atoms with E-state index in [1.807, 2.05) is 0 Å². The van der Waals surface area contributed by atoms with Crippen LogP contribution in [-0.2, 0) is 4.79 Å². The molecule has 9 nitrogen and oxygen atoms in total. The molecule has 1 aromatic carbocycles. The van der Waals surface area contributed by atoms with Crippen LogP contribution < -0.4 is 25.6 Å². The number of furan rings is 1. The van der Waals surface area contributed by atoms with Crippen LogP contribution in [0, 0.1) is 5.92 Å². The molecule has 0 bridgehead atoms. The van der Waals surface area contributed by atoms with Crippen LogP contribution in [0.25, 0.3) is 0 Å². The number of ether oxygens (including phenoxy) is 2. The van der Waals surface area contributed by atoms with Gasteiger partial charge in [-0.1, -0.05) is 13.8 Å². The third kappa shape index (κ3) is 6.87. The zero-order valence-corrected chi connectivity index (χ0v) is 16.6. The molecule has 156 valence electrons. The molecule has 2 aromatic rings. The molecule has 0 aliphatic carbocycles. The smallest absolute Gasteiger partial charge is 0.269 e. The van der Waals surface area contributed by atoms with Crippen molar-refractivity contribution in [2.24, 2.45) is 5.92 Å². The van der Waals surface area contributed by atoms with Crippen LogP contribution in [0.2, 0.25) is 0 Å². The second kappa shape index (κ2) is 10.7. The lowest BCUT2D eigenvalue weighted by molar-refractivity contribution is -0.120. The number of methoxy groups -OCH3 is 1. The van der Waals surface area contributed by atoms with Crippen LogP contribution >= 0.6 is 0 Å². The lowest BCUT2D eigenvalue weighted by Gasteiger charge is -2.13. The molecule has 0 spiro atoms. The summed E-state index contributed by atoms with van der Waals surface area (Å²) in [4.78, 5) is 35.7. The fourth-order valence-electron chi connectivity index (χ4n) is 2.23. The van der Waals surface area contributed by atoms with Gasteiger partial charge in [0.25, 0.3) is 17.7 Å². The molecular weight excluding hydrogens is 378 g/mol. The van der Waals surface area contributed by atoms with Gasteiger partial charge in [0.1, 0.15) is 6.26 Å². The maximum atomic E-state index is 12.2. The van der Waals surface area contributed by atoms with Crippen LogP contribution in [-0.4, -0.2) is 38.0 Å². The highest BCUT2D eigenvalue weighted by molar-refractivity contribution is 5.98. The Balaban J connectivity index is 1.83. The van der Waals surface area contributed by atoms with Crippen molar-refractivity contribution in [3.63, 3.8) is 0 Å². The SMILES string of the molecule is COc1cc(C(=O)NNC(=O)CNC(=O)c2ccoc2)ccc1OCCC(C)C. The minimum atomic E-state index is -0.587. The summed E-state index contributed by atoms with van der Waals surface area (Å²) < 4.78 is 15.7. The fourth-order valence-corrected chi connectivity index (χ4v) is 2.23. The summed E-state index contributed by atoms with van der Waals surface area (Å²) in [6.45, 7) is 4.44. The maximum absolute atomic E-state index is 12.2. The number of hydrogen-bond donors (Lipinski definition) is 3. The van der Waals surface area contributed by atoms with Gasteiger partial charge < -0.3 is 19.2 Å². The number of amides is 3. The predicted octanol–water partition coefficient (Wildman–Crippen LogP) is 1.90. The third-order valence-corrected chi connectivity index (χ3v) is 3.89. The lowest BCUT2D eigenvalue weighted by Crippen LogP contribution is -2.46. The first-order chi connectivity index (χ1) is 13.9. The van der Waals surface area contributed by atoms with Gasteiger partial charge in [-0.15, -0.1) is 0 Å². The molecule has 3 amide bonds. The number of nitrogens with one attached hydrogen (secondary N) is 3. The average Bonchev–Trinajstić information content (AvgIpc) is 3.25. The minimum absolute atomic E-state index is 0.279. The zero-order valence-electron chi connectivity index (χ0n) is 16.6. The summed E-state index contributed by atoms with van der Waals surface area (Å²) >= 11 is 0. The number of benzene rings is 1. The molecule has 1 aromatic heterocycles. The van der Waals surface area contributed by atoms with Crippen molar-refractivity contribution >= 4 is 17.7 Å². The summed E-state index contributed by atoms with van der Waals surface area (Å²) in [5.74, 6) is -0.115. The first-order valence-corrected chi connectivity index (χ1v) is 9.11. The largest absolute Gasteiger partial charge is 0.493 e. The van der Waals surface area contributed by atoms with E-state index in [0.717, 1.165) is 6.42 Å². The van der Waals surface area contributed by atoms with E-state index < -0.39 is 17.7 Å². The van der Waals surface area contributed by atoms with Gasteiger partial charge in [-0.25, -0.2) is 0 Å². The Morgan fingerprint density at radius 1 is 1.03 bits per heavy atom. The predicted molar refractivity (Wildman–Crippen MR) is 105 cm³/mol. The second-order valence-corrected chi connectivity index (χ2v) is 6.59. The summed E-state index contributed by atoms with van der Waals surface area (Å²) in [7, 11) is 1.48. The highest BCUT2D eigenvalue weighted by atomic mass is 16.5. The number of hydrogen-bond acceptors (Lipinski definition) is 6. The molecule has 0 atom stereocenters. The van der Waals surface area contributed by atoms with Gasteiger partial charge in [0.05, 0.1) is 32.1 Å². The van der Waals surface area contributed by atoms with E-state index in [9.17, 15) is 14.4 Å². The number of rotatable bonds is 9. The van der Waals surface area contributed by atoms with Gasteiger partial charge in [0, 0.05) is 5.56 Å². The molecule has 0 aliphatic rings. The second-order valence-electron chi connectivity index (χ2n) is 6.59. The molecule has 0 saturated carbocycles. The Morgan fingerprint density at radius 2 is 1.83 bits per heavy atom. The van der Waals surface area contributed by atoms with E-state index in [4.69, 9.17) is 13.9 Å². The van der Waals surface area contributed by atoms with Gasteiger partial charge in [-0.3, -0.25) is 25.2 Å². The van der Waals surface area contributed by atoms with Crippen molar-refractivity contribution in [3.8, 4) is 11.5 Å². The van der Waals surface area contributed by atoms with E-state index in [1.54, 1.807) is 12.1 Å². The van der Waals surface area contributed by atoms with Crippen molar-refractivity contribution in [2.45, 2.75) is 20.3 Å². The molecule has 0 fully saturated rings. The molecule has 0 saturated heterocycles. The van der Waals surface area contributed by atoms with Crippen molar-refractivity contribution < 1.29 is 28.3 Å². The summed E-state index contributed by atoms with van der Waals surface area (Å²) in [6, 6.07) is 6.20. The highest BCUT2D eigenvalue weighted by Crippen LogP contribution is 2.28. The van der Waals surface area contributed by atoms with Crippen LogP contribution in [0.5, 0.6) is 11.5 Å². The van der Waals surface area contributed by atoms with E-state index in [2.05, 4.69) is 30.0 Å². The van der Waals surface area contributed by atoms with Crippen molar-refractivity contribution in [1.82, 2.24) is 16.2 Å². The van der Waals surface area contributed by atoms with Crippen molar-refractivity contribution in [3.05, 3.63) is 47.9 Å². The number of carbonyl (C=O) groups excluding carboxylic acids is 3. The normalized spacial score (nSPS) is 10.3. The summed E-state index contributed by atoms with van der Waals surface area (Å²) in [5, 5.41) is 2.40. The van der Waals surface area contributed by atoms with Gasteiger partial charge in [-0.05, 0) is 36.6 Å². The first-order valence-electron chi connectivity index (χ1n) is 9.11. The third-order valence-electron chi connectivity index (χ3n) is 3.89. The molecule has 0 unspecified atom stereocenters. The van der Waals surface area contributed by atoms with E-state index in [0.29, 0.717) is 29.6 Å². The fraction of sp³-hybridized carbons (Fsp3) is 0.350. The number of hydrazine groups is 1. The van der Waals surface area contributed by atoms with Gasteiger partial charge in [0.2, 0.25) is 0 Å². The van der Waals surface area contributed by atoms with Gasteiger partial charge in [-0.2, -0.15) is 0 Å². The van der Waals surface area contributed by atoms with Crippen LogP contribution in [0.15, 0.2) is 41.2 Å². The average molecular weight is 403 g/mol. The molecular formula is C20H25N3O6. The topological polar surface area (TPSA) is 119 Å². The molecule has 1 heterocycles. The minimum Gasteiger partial charge on any atom is -0.493 e. The Labute approximate surface area is 168 Å². The maximum Gasteiger partial charge on any atom is 0.269 e. The molecule has 29 heavy (non-hydrogen) atoms. The lowest BCUT2D eigenvalue weighted by atomic mass is 10.1. The Morgan fingerprint density at radius 3 is 2.48 bits per heavy atom. The molecule has 0 radical (unpaired) electrons. The van der Waals surface area contributed by atoms with Crippen LogP contribution in [0.4, 0.5) is 0 Å². The van der Waals surface area contributed by atoms with Gasteiger partial charge >= 0.3 is 0 Å². The van der Waals surface area contributed by atoms with E-state index >= 15 is 0 Å². The summed E-state index contributed by atoms with van der Waals surface area (Å²) in [5.41, 5.74) is 5.09. The Hall–Kier alpha value is -3.49. The molecule has 2 rings (SSSR count). The highest BCUT2D eigenvalue weighted by Gasteiger charge is 2.13. The molecule has 3 N–H and O–H groups in total. The standard InChI is InChI=1S/C20H25N3O6/c1-13(2)6-9-29-16-5-4-14(10-17(16)27-3)20(26)23-22-18(24)11-21-19(25)15-7-8-28-12-15/h4-5,7-8,10,12-13H,6,9,11H2,1-3H3,(H,21,25)(H,22,24)(H,23,26).